The van der Waals surface area contributed by atoms with Gasteiger partial charge in [-0.2, -0.15) is 5.10 Å². The highest BCUT2D eigenvalue weighted by molar-refractivity contribution is 6.32. The number of aromatic nitrogens is 2. The molecule has 1 aromatic heterocycles. The molecular weight excluding hydrogens is 264 g/mol. The quantitative estimate of drug-likeness (QED) is 0.935. The monoisotopic (exact) mass is 278 g/mol. The number of aliphatic carboxylic acids is 1. The van der Waals surface area contributed by atoms with Crippen LogP contribution < -0.4 is 0 Å². The Morgan fingerprint density at radius 1 is 1.37 bits per heavy atom. The summed E-state index contributed by atoms with van der Waals surface area (Å²) in [7, 11) is 0. The second-order valence-corrected chi connectivity index (χ2v) is 4.93. The molecule has 0 spiro atoms. The predicted octanol–water partition coefficient (Wildman–Crippen LogP) is 3.16. The van der Waals surface area contributed by atoms with E-state index in [0.29, 0.717) is 11.4 Å². The van der Waals surface area contributed by atoms with Crippen LogP contribution in [0.2, 0.25) is 5.02 Å². The van der Waals surface area contributed by atoms with E-state index in [0.717, 1.165) is 22.6 Å². The molecule has 2 rings (SSSR count). The second kappa shape index (κ2) is 5.45. The Hall–Kier alpha value is -1.81. The minimum Gasteiger partial charge on any atom is -0.481 e. The molecule has 0 radical (unpaired) electrons. The first-order valence-electron chi connectivity index (χ1n) is 6.01. The van der Waals surface area contributed by atoms with E-state index in [2.05, 4.69) is 5.10 Å². The lowest BCUT2D eigenvalue weighted by Gasteiger charge is -2.09. The van der Waals surface area contributed by atoms with Crippen molar-refractivity contribution in [1.29, 1.82) is 0 Å². The molecule has 0 fully saturated rings. The van der Waals surface area contributed by atoms with E-state index < -0.39 is 5.97 Å². The Kier molecular flexibility index (Phi) is 3.90. The van der Waals surface area contributed by atoms with Gasteiger partial charge in [-0.15, -0.1) is 0 Å². The van der Waals surface area contributed by atoms with Crippen LogP contribution in [0.15, 0.2) is 24.3 Å². The molecule has 0 unspecified atom stereocenters. The van der Waals surface area contributed by atoms with Crippen LogP contribution in [0.3, 0.4) is 0 Å². The van der Waals surface area contributed by atoms with Gasteiger partial charge in [-0.25, -0.2) is 4.68 Å². The van der Waals surface area contributed by atoms with Crippen molar-refractivity contribution >= 4 is 17.6 Å². The Labute approximate surface area is 116 Å². The van der Waals surface area contributed by atoms with E-state index in [1.54, 1.807) is 10.7 Å². The number of halogens is 1. The van der Waals surface area contributed by atoms with Crippen LogP contribution in [0, 0.1) is 13.8 Å². The average molecular weight is 279 g/mol. The maximum Gasteiger partial charge on any atom is 0.303 e. The van der Waals surface area contributed by atoms with Crippen LogP contribution in [0.5, 0.6) is 0 Å². The molecule has 5 heteroatoms. The molecule has 1 N–H and O–H groups in total. The summed E-state index contributed by atoms with van der Waals surface area (Å²) in [4.78, 5) is 10.6. The van der Waals surface area contributed by atoms with Crippen molar-refractivity contribution in [3.05, 3.63) is 46.2 Å². The van der Waals surface area contributed by atoms with Crippen molar-refractivity contribution in [1.82, 2.24) is 9.78 Å². The molecular formula is C14H15ClN2O2. The summed E-state index contributed by atoms with van der Waals surface area (Å²) in [6, 6.07) is 7.50. The summed E-state index contributed by atoms with van der Waals surface area (Å²) >= 11 is 6.20. The third-order valence-electron chi connectivity index (χ3n) is 2.88. The average Bonchev–Trinajstić information content (AvgIpc) is 2.67. The Morgan fingerprint density at radius 2 is 2.11 bits per heavy atom. The summed E-state index contributed by atoms with van der Waals surface area (Å²) in [6.45, 7) is 3.88. The molecule has 0 aliphatic heterocycles. The third kappa shape index (κ3) is 3.15. The maximum absolute atomic E-state index is 10.6. The topological polar surface area (TPSA) is 55.1 Å². The first-order valence-corrected chi connectivity index (χ1v) is 6.39. The zero-order valence-electron chi connectivity index (χ0n) is 10.9. The zero-order chi connectivity index (χ0) is 14.0. The van der Waals surface area contributed by atoms with Crippen LogP contribution in [0.4, 0.5) is 0 Å². The Balaban J connectivity index is 2.37. The van der Waals surface area contributed by atoms with Crippen molar-refractivity contribution in [3.8, 4) is 5.69 Å². The van der Waals surface area contributed by atoms with Crippen molar-refractivity contribution in [2.45, 2.75) is 26.7 Å². The van der Waals surface area contributed by atoms with Gasteiger partial charge in [0, 0.05) is 12.1 Å². The van der Waals surface area contributed by atoms with Crippen LogP contribution in [0.1, 0.15) is 23.4 Å². The highest BCUT2D eigenvalue weighted by Gasteiger charge is 2.09. The molecule has 1 aromatic carbocycles. The number of rotatable bonds is 4. The van der Waals surface area contributed by atoms with Gasteiger partial charge in [-0.1, -0.05) is 17.7 Å². The standard InChI is InChI=1S/C14H15ClN2O2/c1-9-7-10(2)17(16-9)13-8-11(3-5-12(13)15)4-6-14(18)19/h3,5,7-8H,4,6H2,1-2H3,(H,18,19). The highest BCUT2D eigenvalue weighted by Crippen LogP contribution is 2.23. The molecule has 0 aliphatic carbocycles. The van der Waals surface area contributed by atoms with Gasteiger partial charge >= 0.3 is 5.97 Å². The summed E-state index contributed by atoms with van der Waals surface area (Å²) in [6.07, 6.45) is 0.594. The number of carboxylic acid groups (broad SMARTS) is 1. The largest absolute Gasteiger partial charge is 0.481 e. The van der Waals surface area contributed by atoms with Crippen LogP contribution in [-0.2, 0) is 11.2 Å². The van der Waals surface area contributed by atoms with Gasteiger partial charge in [0.2, 0.25) is 0 Å². The van der Waals surface area contributed by atoms with E-state index in [1.165, 1.54) is 0 Å². The molecule has 0 saturated carbocycles. The number of aryl methyl sites for hydroxylation is 3. The van der Waals surface area contributed by atoms with E-state index in [9.17, 15) is 4.79 Å². The fourth-order valence-corrected chi connectivity index (χ4v) is 2.20. The summed E-state index contributed by atoms with van der Waals surface area (Å²) in [5.41, 5.74) is 3.64. The smallest absolute Gasteiger partial charge is 0.303 e. The molecule has 0 bridgehead atoms. The third-order valence-corrected chi connectivity index (χ3v) is 3.20. The fraction of sp³-hybridized carbons (Fsp3) is 0.286. The van der Waals surface area contributed by atoms with Crippen LogP contribution >= 0.6 is 11.6 Å². The number of hydrogen-bond acceptors (Lipinski definition) is 2. The minimum atomic E-state index is -0.803. The van der Waals surface area contributed by atoms with Gasteiger partial charge in [-0.3, -0.25) is 4.79 Å². The highest BCUT2D eigenvalue weighted by atomic mass is 35.5. The lowest BCUT2D eigenvalue weighted by molar-refractivity contribution is -0.136. The number of benzene rings is 1. The second-order valence-electron chi connectivity index (χ2n) is 4.52. The number of nitrogens with zero attached hydrogens (tertiary/aromatic N) is 2. The van der Waals surface area contributed by atoms with Gasteiger partial charge in [0.05, 0.1) is 16.4 Å². The molecule has 0 aliphatic rings. The fourth-order valence-electron chi connectivity index (χ4n) is 2.00. The summed E-state index contributed by atoms with van der Waals surface area (Å²) < 4.78 is 1.78. The molecule has 0 atom stereocenters. The van der Waals surface area contributed by atoms with Crippen LogP contribution in [0.25, 0.3) is 5.69 Å². The number of carboxylic acids is 1. The predicted molar refractivity (Wildman–Crippen MR) is 74.0 cm³/mol. The van der Waals surface area contributed by atoms with Crippen molar-refractivity contribution in [2.75, 3.05) is 0 Å². The summed E-state index contributed by atoms with van der Waals surface area (Å²) in [5, 5.41) is 13.7. The SMILES string of the molecule is Cc1cc(C)n(-c2cc(CCC(=O)O)ccc2Cl)n1. The number of carbonyl (C=O) groups is 1. The minimum absolute atomic E-state index is 0.109. The van der Waals surface area contributed by atoms with E-state index in [4.69, 9.17) is 16.7 Å². The Bertz CT molecular complexity index is 620. The maximum atomic E-state index is 10.6. The lowest BCUT2D eigenvalue weighted by atomic mass is 10.1. The lowest BCUT2D eigenvalue weighted by Crippen LogP contribution is -2.02. The van der Waals surface area contributed by atoms with E-state index >= 15 is 0 Å². The van der Waals surface area contributed by atoms with Crippen molar-refractivity contribution < 1.29 is 9.90 Å². The molecule has 100 valence electrons. The number of hydrogen-bond donors (Lipinski definition) is 1. The molecule has 1 heterocycles. The van der Waals surface area contributed by atoms with Crippen LogP contribution in [-0.4, -0.2) is 20.9 Å². The van der Waals surface area contributed by atoms with E-state index in [1.807, 2.05) is 32.0 Å². The first-order chi connectivity index (χ1) is 8.97. The molecule has 0 saturated heterocycles. The van der Waals surface area contributed by atoms with Gasteiger partial charge in [0.15, 0.2) is 0 Å². The molecule has 0 amide bonds. The molecule has 4 nitrogen and oxygen atoms in total. The zero-order valence-corrected chi connectivity index (χ0v) is 11.6. The molecule has 2 aromatic rings. The van der Waals surface area contributed by atoms with Gasteiger partial charge < -0.3 is 5.11 Å². The van der Waals surface area contributed by atoms with Gasteiger partial charge in [0.25, 0.3) is 0 Å². The summed E-state index contributed by atoms with van der Waals surface area (Å²) in [5.74, 6) is -0.803. The van der Waals surface area contributed by atoms with E-state index in [-0.39, 0.29) is 6.42 Å². The first kappa shape index (κ1) is 13.6. The van der Waals surface area contributed by atoms with Gasteiger partial charge in [-0.05, 0) is 44.0 Å². The normalized spacial score (nSPS) is 10.7. The molecule has 19 heavy (non-hydrogen) atoms. The van der Waals surface area contributed by atoms with Crippen molar-refractivity contribution in [2.24, 2.45) is 0 Å². The van der Waals surface area contributed by atoms with Crippen molar-refractivity contribution in [3.63, 3.8) is 0 Å². The van der Waals surface area contributed by atoms with Gasteiger partial charge in [0.1, 0.15) is 0 Å². The Morgan fingerprint density at radius 3 is 2.68 bits per heavy atom.